The first-order valence-corrected chi connectivity index (χ1v) is 8.69. The van der Waals surface area contributed by atoms with Crippen molar-refractivity contribution in [1.29, 1.82) is 0 Å². The summed E-state index contributed by atoms with van der Waals surface area (Å²) in [6.45, 7) is 5.22. The SMILES string of the molecule is CC(C)CC1(CNC(=O)c2ccc(S(C)=O)cc2)CC1. The van der Waals surface area contributed by atoms with Crippen molar-refractivity contribution in [2.75, 3.05) is 12.8 Å². The number of benzene rings is 1. The first kappa shape index (κ1) is 15.2. The zero-order valence-electron chi connectivity index (χ0n) is 12.4. The fraction of sp³-hybridized carbons (Fsp3) is 0.562. The number of carbonyl (C=O) groups excluding carboxylic acids is 1. The standard InChI is InChI=1S/C16H23NO2S/c1-12(2)10-16(8-9-16)11-17-15(18)13-4-6-14(7-5-13)20(3)19/h4-7,12H,8-11H2,1-3H3,(H,17,18). The lowest BCUT2D eigenvalue weighted by atomic mass is 9.94. The van der Waals surface area contributed by atoms with Gasteiger partial charge in [0.05, 0.1) is 0 Å². The van der Waals surface area contributed by atoms with Gasteiger partial charge < -0.3 is 5.32 Å². The van der Waals surface area contributed by atoms with Gasteiger partial charge in [-0.05, 0) is 54.9 Å². The minimum atomic E-state index is -0.997. The molecule has 0 bridgehead atoms. The number of nitrogens with one attached hydrogen (secondary N) is 1. The molecule has 1 amide bonds. The Morgan fingerprint density at radius 3 is 2.35 bits per heavy atom. The normalized spacial score (nSPS) is 17.8. The number of hydrogen-bond donors (Lipinski definition) is 1. The van der Waals surface area contributed by atoms with Crippen molar-refractivity contribution in [2.24, 2.45) is 11.3 Å². The van der Waals surface area contributed by atoms with Crippen LogP contribution in [0.15, 0.2) is 29.2 Å². The minimum absolute atomic E-state index is 0.0338. The van der Waals surface area contributed by atoms with Gasteiger partial charge in [0.1, 0.15) is 0 Å². The highest BCUT2D eigenvalue weighted by Gasteiger charge is 2.42. The van der Waals surface area contributed by atoms with Crippen LogP contribution in [0, 0.1) is 11.3 Å². The highest BCUT2D eigenvalue weighted by atomic mass is 32.2. The molecule has 1 N–H and O–H groups in total. The number of amides is 1. The van der Waals surface area contributed by atoms with Crippen LogP contribution in [0.5, 0.6) is 0 Å². The lowest BCUT2D eigenvalue weighted by Crippen LogP contribution is -2.30. The maximum absolute atomic E-state index is 12.1. The van der Waals surface area contributed by atoms with Crippen molar-refractivity contribution in [3.63, 3.8) is 0 Å². The van der Waals surface area contributed by atoms with E-state index in [1.807, 2.05) is 0 Å². The van der Waals surface area contributed by atoms with E-state index in [1.54, 1.807) is 30.5 Å². The Bertz CT molecular complexity index is 504. The van der Waals surface area contributed by atoms with E-state index in [-0.39, 0.29) is 5.91 Å². The second-order valence-electron chi connectivity index (χ2n) is 6.26. The van der Waals surface area contributed by atoms with Crippen molar-refractivity contribution < 1.29 is 9.00 Å². The van der Waals surface area contributed by atoms with Gasteiger partial charge in [0.15, 0.2) is 0 Å². The Morgan fingerprint density at radius 2 is 1.90 bits per heavy atom. The van der Waals surface area contributed by atoms with E-state index in [0.29, 0.717) is 16.9 Å². The molecule has 110 valence electrons. The number of carbonyl (C=O) groups is 1. The molecule has 3 nitrogen and oxygen atoms in total. The first-order valence-electron chi connectivity index (χ1n) is 7.14. The van der Waals surface area contributed by atoms with Crippen LogP contribution in [0.25, 0.3) is 0 Å². The Hall–Kier alpha value is -1.16. The van der Waals surface area contributed by atoms with Gasteiger partial charge in [-0.15, -0.1) is 0 Å². The molecule has 0 aliphatic heterocycles. The van der Waals surface area contributed by atoms with Gasteiger partial charge in [0.2, 0.25) is 0 Å². The van der Waals surface area contributed by atoms with Crippen molar-refractivity contribution >= 4 is 16.7 Å². The molecule has 1 atom stereocenters. The third kappa shape index (κ3) is 3.92. The average molecular weight is 293 g/mol. The monoisotopic (exact) mass is 293 g/mol. The Labute approximate surface area is 123 Å². The van der Waals surface area contributed by atoms with Gasteiger partial charge in [0.25, 0.3) is 5.91 Å². The van der Waals surface area contributed by atoms with Crippen molar-refractivity contribution in [3.05, 3.63) is 29.8 Å². The van der Waals surface area contributed by atoms with Crippen molar-refractivity contribution in [3.8, 4) is 0 Å². The molecule has 4 heteroatoms. The summed E-state index contributed by atoms with van der Waals surface area (Å²) < 4.78 is 11.3. The van der Waals surface area contributed by atoms with E-state index in [9.17, 15) is 9.00 Å². The lowest BCUT2D eigenvalue weighted by Gasteiger charge is -2.18. The first-order chi connectivity index (χ1) is 9.42. The van der Waals surface area contributed by atoms with Crippen molar-refractivity contribution in [1.82, 2.24) is 5.32 Å². The summed E-state index contributed by atoms with van der Waals surface area (Å²) in [4.78, 5) is 12.8. The van der Waals surface area contributed by atoms with Gasteiger partial charge in [0, 0.05) is 34.1 Å². The predicted molar refractivity (Wildman–Crippen MR) is 82.2 cm³/mol. The maximum Gasteiger partial charge on any atom is 0.251 e. The van der Waals surface area contributed by atoms with Crippen LogP contribution in [0.2, 0.25) is 0 Å². The summed E-state index contributed by atoms with van der Waals surface area (Å²) in [7, 11) is -0.997. The third-order valence-electron chi connectivity index (χ3n) is 3.87. The fourth-order valence-electron chi connectivity index (χ4n) is 2.66. The number of hydrogen-bond acceptors (Lipinski definition) is 2. The molecule has 1 unspecified atom stereocenters. The quantitative estimate of drug-likeness (QED) is 0.876. The molecule has 1 saturated carbocycles. The molecule has 1 fully saturated rings. The van der Waals surface area contributed by atoms with Crippen LogP contribution in [-0.4, -0.2) is 22.9 Å². The summed E-state index contributed by atoms with van der Waals surface area (Å²) in [5, 5.41) is 3.04. The highest BCUT2D eigenvalue weighted by Crippen LogP contribution is 2.50. The average Bonchev–Trinajstić information content (AvgIpc) is 3.15. The zero-order valence-corrected chi connectivity index (χ0v) is 13.3. The molecule has 1 aliphatic rings. The molecule has 1 aromatic rings. The highest BCUT2D eigenvalue weighted by molar-refractivity contribution is 7.84. The molecule has 1 aliphatic carbocycles. The fourth-order valence-corrected chi connectivity index (χ4v) is 3.18. The topological polar surface area (TPSA) is 46.2 Å². The molecule has 20 heavy (non-hydrogen) atoms. The lowest BCUT2D eigenvalue weighted by molar-refractivity contribution is 0.0942. The Morgan fingerprint density at radius 1 is 1.30 bits per heavy atom. The van der Waals surface area contributed by atoms with E-state index in [2.05, 4.69) is 19.2 Å². The van der Waals surface area contributed by atoms with E-state index >= 15 is 0 Å². The minimum Gasteiger partial charge on any atom is -0.351 e. The predicted octanol–water partition coefficient (Wildman–Crippen LogP) is 2.98. The summed E-state index contributed by atoms with van der Waals surface area (Å²) in [5.74, 6) is 0.640. The Balaban J connectivity index is 1.90. The van der Waals surface area contributed by atoms with Crippen LogP contribution in [0.1, 0.15) is 43.5 Å². The van der Waals surface area contributed by atoms with E-state index in [1.165, 1.54) is 19.3 Å². The molecule has 0 aromatic heterocycles. The molecule has 0 saturated heterocycles. The van der Waals surface area contributed by atoms with Gasteiger partial charge in [-0.25, -0.2) is 0 Å². The van der Waals surface area contributed by atoms with Crippen LogP contribution < -0.4 is 5.32 Å². The molecule has 2 rings (SSSR count). The van der Waals surface area contributed by atoms with Gasteiger partial charge in [-0.2, -0.15) is 0 Å². The van der Waals surface area contributed by atoms with Crippen LogP contribution in [-0.2, 0) is 10.8 Å². The second-order valence-corrected chi connectivity index (χ2v) is 7.64. The Kier molecular flexibility index (Phi) is 4.63. The van der Waals surface area contributed by atoms with E-state index < -0.39 is 10.8 Å². The van der Waals surface area contributed by atoms with Crippen LogP contribution >= 0.6 is 0 Å². The van der Waals surface area contributed by atoms with Crippen LogP contribution in [0.4, 0.5) is 0 Å². The molecular weight excluding hydrogens is 270 g/mol. The molecule has 0 spiro atoms. The zero-order chi connectivity index (χ0) is 14.8. The van der Waals surface area contributed by atoms with Gasteiger partial charge in [-0.1, -0.05) is 13.8 Å². The van der Waals surface area contributed by atoms with Gasteiger partial charge >= 0.3 is 0 Å². The largest absolute Gasteiger partial charge is 0.351 e. The maximum atomic E-state index is 12.1. The number of rotatable bonds is 6. The third-order valence-corrected chi connectivity index (χ3v) is 4.81. The summed E-state index contributed by atoms with van der Waals surface area (Å²) in [6.07, 6.45) is 5.26. The molecule has 0 heterocycles. The van der Waals surface area contributed by atoms with Crippen LogP contribution in [0.3, 0.4) is 0 Å². The van der Waals surface area contributed by atoms with Gasteiger partial charge in [-0.3, -0.25) is 9.00 Å². The summed E-state index contributed by atoms with van der Waals surface area (Å²) >= 11 is 0. The summed E-state index contributed by atoms with van der Waals surface area (Å²) in [6, 6.07) is 7.00. The van der Waals surface area contributed by atoms with E-state index in [4.69, 9.17) is 0 Å². The van der Waals surface area contributed by atoms with Crippen molar-refractivity contribution in [2.45, 2.75) is 38.0 Å². The molecule has 1 aromatic carbocycles. The molecular formula is C16H23NO2S. The second kappa shape index (κ2) is 6.08. The summed E-state index contributed by atoms with van der Waals surface area (Å²) in [5.41, 5.74) is 0.980. The molecule has 0 radical (unpaired) electrons. The van der Waals surface area contributed by atoms with E-state index in [0.717, 1.165) is 11.4 Å². The smallest absolute Gasteiger partial charge is 0.251 e.